The van der Waals surface area contributed by atoms with E-state index in [0.29, 0.717) is 11.2 Å². The maximum Gasteiger partial charge on any atom is 0.340 e. The Morgan fingerprint density at radius 2 is 1.91 bits per heavy atom. The first-order valence-corrected chi connectivity index (χ1v) is 14.1. The molecule has 1 aliphatic carbocycles. The summed E-state index contributed by atoms with van der Waals surface area (Å²) < 4.78 is 28.5. The molecule has 0 saturated heterocycles. The van der Waals surface area contributed by atoms with Crippen LogP contribution in [0.2, 0.25) is 0 Å². The molecular weight excluding hydrogens is 492 g/mol. The van der Waals surface area contributed by atoms with Crippen molar-refractivity contribution in [3.63, 3.8) is 0 Å². The van der Waals surface area contributed by atoms with E-state index >= 15 is 0 Å². The lowest BCUT2D eigenvalue weighted by Gasteiger charge is -2.25. The summed E-state index contributed by atoms with van der Waals surface area (Å²) in [6, 6.07) is 0.268. The number of aliphatic hydroxyl groups is 3. The number of nitrogens with zero attached hydrogens (tertiary/aromatic N) is 4. The van der Waals surface area contributed by atoms with Crippen LogP contribution in [0.15, 0.2) is 24.2 Å². The first kappa shape index (κ1) is 26.9. The number of anilines is 1. The van der Waals surface area contributed by atoms with Crippen molar-refractivity contribution in [2.24, 2.45) is 0 Å². The molecule has 0 radical (unpaired) electrons. The minimum atomic E-state index is -4.82. The minimum absolute atomic E-state index is 0.0961. The van der Waals surface area contributed by atoms with Gasteiger partial charge < -0.3 is 39.8 Å². The molecule has 1 aliphatic rings. The quantitative estimate of drug-likeness (QED) is 0.160. The third-order valence-electron chi connectivity index (χ3n) is 5.51. The van der Waals surface area contributed by atoms with Crippen LogP contribution in [0.1, 0.15) is 38.8 Å². The first-order chi connectivity index (χ1) is 15.9. The fraction of sp³-hybridized carbons (Fsp3) is 0.611. The molecule has 4 atom stereocenters. The lowest BCUT2D eigenvalue weighted by atomic mass is 10.0. The highest BCUT2D eigenvalue weighted by atomic mass is 31.2. The van der Waals surface area contributed by atoms with Gasteiger partial charge in [-0.1, -0.05) is 18.9 Å². The van der Waals surface area contributed by atoms with Crippen LogP contribution in [-0.4, -0.2) is 80.5 Å². The number of fused-ring (bicyclic) bond motifs is 1. The molecule has 7 N–H and O–H groups in total. The predicted octanol–water partition coefficient (Wildman–Crippen LogP) is 0.677. The van der Waals surface area contributed by atoms with Crippen LogP contribution in [-0.2, 0) is 13.7 Å². The molecule has 16 heteroatoms. The van der Waals surface area contributed by atoms with Gasteiger partial charge in [0.15, 0.2) is 17.8 Å². The molecule has 0 bridgehead atoms. The summed E-state index contributed by atoms with van der Waals surface area (Å²) >= 11 is 0. The van der Waals surface area contributed by atoms with Crippen LogP contribution in [0.5, 0.6) is 0 Å². The third-order valence-corrected chi connectivity index (χ3v) is 8.95. The van der Waals surface area contributed by atoms with Gasteiger partial charge in [-0.3, -0.25) is 9.13 Å². The highest BCUT2D eigenvalue weighted by Gasteiger charge is 2.34. The van der Waals surface area contributed by atoms with Crippen LogP contribution in [0.25, 0.3) is 11.0 Å². The highest BCUT2D eigenvalue weighted by Crippen LogP contribution is 2.55. The van der Waals surface area contributed by atoms with Gasteiger partial charge in [0.2, 0.25) is 0 Å². The molecule has 1 saturated carbocycles. The van der Waals surface area contributed by atoms with E-state index in [9.17, 15) is 29.3 Å². The Morgan fingerprint density at radius 3 is 2.53 bits per heavy atom. The lowest BCUT2D eigenvalue weighted by Crippen LogP contribution is -2.37. The number of hydrogen-bond acceptors (Lipinski definition) is 10. The molecule has 1 fully saturated rings. The van der Waals surface area contributed by atoms with Gasteiger partial charge >= 0.3 is 15.2 Å². The summed E-state index contributed by atoms with van der Waals surface area (Å²) in [7, 11) is -9.50. The van der Waals surface area contributed by atoms with Gasteiger partial charge in [0.05, 0.1) is 18.2 Å². The summed E-state index contributed by atoms with van der Waals surface area (Å²) in [4.78, 5) is 35.7. The number of aliphatic hydroxyl groups excluding tert-OH is 3. The Kier molecular flexibility index (Phi) is 8.61. The molecular formula is C18H29N5O9P2. The first-order valence-electron chi connectivity index (χ1n) is 10.6. The number of hydrogen-bond donors (Lipinski definition) is 7. The van der Waals surface area contributed by atoms with Gasteiger partial charge in [0.1, 0.15) is 24.4 Å². The van der Waals surface area contributed by atoms with Gasteiger partial charge in [-0.25, -0.2) is 14.6 Å². The zero-order chi connectivity index (χ0) is 25.1. The van der Waals surface area contributed by atoms with E-state index in [4.69, 9.17) is 14.3 Å². The zero-order valence-electron chi connectivity index (χ0n) is 18.4. The van der Waals surface area contributed by atoms with E-state index in [-0.39, 0.29) is 17.3 Å². The van der Waals surface area contributed by atoms with Crippen LogP contribution >= 0.6 is 15.2 Å². The molecule has 34 heavy (non-hydrogen) atoms. The molecule has 0 aromatic carbocycles. The van der Waals surface area contributed by atoms with Crippen LogP contribution in [0, 0.1) is 0 Å². The molecule has 2 heterocycles. The molecule has 0 amide bonds. The molecule has 190 valence electrons. The second-order valence-corrected chi connectivity index (χ2v) is 12.1. The number of allylic oxidation sites excluding steroid dienone is 1. The molecule has 0 spiro atoms. The summed E-state index contributed by atoms with van der Waals surface area (Å²) in [6.07, 6.45) is 2.90. The van der Waals surface area contributed by atoms with E-state index in [0.717, 1.165) is 30.4 Å². The van der Waals surface area contributed by atoms with Gasteiger partial charge in [-0.15, -0.1) is 0 Å². The van der Waals surface area contributed by atoms with Crippen molar-refractivity contribution in [1.82, 2.24) is 19.7 Å². The Hall–Kier alpha value is -1.73. The Labute approximate surface area is 195 Å². The fourth-order valence-corrected chi connectivity index (χ4v) is 6.29. The molecule has 3 rings (SSSR count). The van der Waals surface area contributed by atoms with Crippen molar-refractivity contribution in [3.8, 4) is 0 Å². The Bertz CT molecular complexity index is 1110. The molecule has 2 aromatic heterocycles. The lowest BCUT2D eigenvalue weighted by molar-refractivity contribution is -0.0845. The maximum atomic E-state index is 11.9. The normalized spacial score (nSPS) is 20.3. The van der Waals surface area contributed by atoms with E-state index < -0.39 is 46.1 Å². The van der Waals surface area contributed by atoms with Crippen LogP contribution in [0.3, 0.4) is 0 Å². The molecule has 0 aliphatic heterocycles. The Morgan fingerprint density at radius 1 is 1.24 bits per heavy atom. The van der Waals surface area contributed by atoms with E-state index in [1.165, 1.54) is 25.5 Å². The number of nitrogens with one attached hydrogen (secondary N) is 1. The standard InChI is InChI=1S/C18H29N5O9P2/c1-2-11(8-32-34(30,31)10-33(27,28)29)14(24)15(25)18(26)23-17-13(7-21-23)16(19-9-20-17)22-12-5-3-4-6-12/h2,7,9,12,14-15,18,24-26H,3-6,8,10H2,1H3,(H,30,31)(H,19,20,22)(H2,27,28,29)/b11-2-/t14-,15-,18-/m1/s1. The summed E-state index contributed by atoms with van der Waals surface area (Å²) in [6.45, 7) is 0.733. The minimum Gasteiger partial charge on any atom is -0.386 e. The van der Waals surface area contributed by atoms with Crippen molar-refractivity contribution >= 4 is 32.0 Å². The van der Waals surface area contributed by atoms with Crippen LogP contribution < -0.4 is 5.32 Å². The van der Waals surface area contributed by atoms with Crippen molar-refractivity contribution in [2.75, 3.05) is 17.8 Å². The average molecular weight is 521 g/mol. The van der Waals surface area contributed by atoms with Gasteiger partial charge in [-0.05, 0) is 25.3 Å². The third kappa shape index (κ3) is 6.69. The smallest absolute Gasteiger partial charge is 0.340 e. The van der Waals surface area contributed by atoms with Gasteiger partial charge in [0, 0.05) is 6.04 Å². The molecule has 1 unspecified atom stereocenters. The molecule has 2 aromatic rings. The second kappa shape index (κ2) is 10.9. The van der Waals surface area contributed by atoms with E-state index in [2.05, 4.69) is 20.4 Å². The van der Waals surface area contributed by atoms with Crippen molar-refractivity contribution in [3.05, 3.63) is 24.2 Å². The van der Waals surface area contributed by atoms with E-state index in [1.807, 2.05) is 0 Å². The van der Waals surface area contributed by atoms with Gasteiger partial charge in [0.25, 0.3) is 0 Å². The Balaban J connectivity index is 1.72. The van der Waals surface area contributed by atoms with Crippen molar-refractivity contribution in [2.45, 2.75) is 57.1 Å². The summed E-state index contributed by atoms with van der Waals surface area (Å²) in [5, 5.41) is 39.7. The van der Waals surface area contributed by atoms with E-state index in [1.54, 1.807) is 0 Å². The number of aromatic nitrogens is 4. The summed E-state index contributed by atoms with van der Waals surface area (Å²) in [5.41, 5.74) is 0.121. The van der Waals surface area contributed by atoms with Crippen molar-refractivity contribution < 1.29 is 43.7 Å². The average Bonchev–Trinajstić information content (AvgIpc) is 3.41. The summed E-state index contributed by atoms with van der Waals surface area (Å²) in [5.74, 6) is -0.856. The largest absolute Gasteiger partial charge is 0.386 e. The van der Waals surface area contributed by atoms with Crippen molar-refractivity contribution in [1.29, 1.82) is 0 Å². The predicted molar refractivity (Wildman–Crippen MR) is 121 cm³/mol. The zero-order valence-corrected chi connectivity index (χ0v) is 20.2. The maximum absolute atomic E-state index is 11.9. The molecule has 14 nitrogen and oxygen atoms in total. The van der Waals surface area contributed by atoms with Crippen LogP contribution in [0.4, 0.5) is 5.82 Å². The fourth-order valence-electron chi connectivity index (χ4n) is 3.75. The monoisotopic (exact) mass is 521 g/mol. The highest BCUT2D eigenvalue weighted by molar-refractivity contribution is 7.70. The van der Waals surface area contributed by atoms with Gasteiger partial charge in [-0.2, -0.15) is 5.10 Å². The number of rotatable bonds is 11. The topological polar surface area (TPSA) is 220 Å². The second-order valence-electron chi connectivity index (χ2n) is 8.10. The SMILES string of the molecule is C/C=C(/COP(=O)(O)CP(=O)(O)O)[C@@H](O)[C@@H](O)[C@@H](O)n1ncc2c(NC3CCCC3)ncnc21.